The lowest BCUT2D eigenvalue weighted by Gasteiger charge is -2.14. The highest BCUT2D eigenvalue weighted by atomic mass is 32.1. The lowest BCUT2D eigenvalue weighted by molar-refractivity contribution is 0.103. The summed E-state index contributed by atoms with van der Waals surface area (Å²) >= 11 is 1.48. The van der Waals surface area contributed by atoms with Gasteiger partial charge in [0.15, 0.2) is 5.78 Å². The summed E-state index contributed by atoms with van der Waals surface area (Å²) in [5.74, 6) is 2.80. The summed E-state index contributed by atoms with van der Waals surface area (Å²) < 4.78 is 0. The number of terminal acetylenes is 1. The summed E-state index contributed by atoms with van der Waals surface area (Å²) in [5.41, 5.74) is 1.78. The molecule has 2 heteroatoms. The smallest absolute Gasteiger partial charge is 0.199 e. The van der Waals surface area contributed by atoms with Gasteiger partial charge in [-0.1, -0.05) is 12.0 Å². The Hall–Kier alpha value is -1.33. The maximum atomic E-state index is 12.1. The van der Waals surface area contributed by atoms with E-state index < -0.39 is 0 Å². The van der Waals surface area contributed by atoms with Gasteiger partial charge in [0, 0.05) is 11.1 Å². The average molecular weight is 216 g/mol. The molecule has 0 fully saturated rings. The van der Waals surface area contributed by atoms with Crippen molar-refractivity contribution in [2.24, 2.45) is 0 Å². The summed E-state index contributed by atoms with van der Waals surface area (Å²) in [6.07, 6.45) is 9.36. The highest BCUT2D eigenvalue weighted by molar-refractivity contribution is 7.12. The number of rotatable bonds is 2. The third-order valence-electron chi connectivity index (χ3n) is 2.66. The van der Waals surface area contributed by atoms with Gasteiger partial charge in [0.1, 0.15) is 0 Å². The van der Waals surface area contributed by atoms with Crippen molar-refractivity contribution < 1.29 is 4.79 Å². The fraction of sp³-hybridized carbons (Fsp3) is 0.308. The molecule has 1 nitrogen and oxygen atoms in total. The first-order valence-corrected chi connectivity index (χ1v) is 5.97. The lowest BCUT2D eigenvalue weighted by Crippen LogP contribution is -2.08. The Labute approximate surface area is 93.8 Å². The molecule has 1 heterocycles. The minimum absolute atomic E-state index is 0.137. The van der Waals surface area contributed by atoms with E-state index in [1.807, 2.05) is 17.5 Å². The number of carbonyl (C=O) groups excluding carboxylic acids is 1. The number of allylic oxidation sites excluding steroid dienone is 2. The zero-order valence-electron chi connectivity index (χ0n) is 8.45. The van der Waals surface area contributed by atoms with Crippen molar-refractivity contribution in [1.29, 1.82) is 0 Å². The average Bonchev–Trinajstić information content (AvgIpc) is 2.81. The summed E-state index contributed by atoms with van der Waals surface area (Å²) in [6.45, 7) is 0. The van der Waals surface area contributed by atoms with Crippen molar-refractivity contribution in [3.63, 3.8) is 0 Å². The molecule has 0 saturated heterocycles. The Morgan fingerprint density at radius 1 is 1.40 bits per heavy atom. The quantitative estimate of drug-likeness (QED) is 0.546. The Bertz CT molecular complexity index is 432. The van der Waals surface area contributed by atoms with Crippen LogP contribution < -0.4 is 0 Å². The third-order valence-corrected chi connectivity index (χ3v) is 3.53. The second-order valence-corrected chi connectivity index (χ2v) is 4.56. The van der Waals surface area contributed by atoms with Crippen LogP contribution in [0, 0.1) is 12.3 Å². The molecule has 76 valence electrons. The van der Waals surface area contributed by atoms with Crippen LogP contribution in [0.3, 0.4) is 0 Å². The van der Waals surface area contributed by atoms with Crippen LogP contribution >= 0.6 is 11.3 Å². The molecule has 0 bridgehead atoms. The molecule has 1 aliphatic rings. The van der Waals surface area contributed by atoms with E-state index in [0.29, 0.717) is 0 Å². The standard InChI is InChI=1S/C13H12OS/c1-2-10-6-3-4-7-11(10)13(14)12-8-5-9-15-12/h1,5,8-9H,3-4,6-7H2. The Morgan fingerprint density at radius 3 is 2.87 bits per heavy atom. The number of Topliss-reactive ketones (excluding diaryl/α,β-unsaturated/α-hetero) is 1. The summed E-state index contributed by atoms with van der Waals surface area (Å²) in [5, 5.41) is 1.92. The summed E-state index contributed by atoms with van der Waals surface area (Å²) in [7, 11) is 0. The van der Waals surface area contributed by atoms with Crippen molar-refractivity contribution in [2.75, 3.05) is 0 Å². The van der Waals surface area contributed by atoms with Gasteiger partial charge in [-0.05, 0) is 37.1 Å². The van der Waals surface area contributed by atoms with E-state index in [-0.39, 0.29) is 5.78 Å². The summed E-state index contributed by atoms with van der Waals surface area (Å²) in [6, 6.07) is 3.76. The van der Waals surface area contributed by atoms with E-state index in [9.17, 15) is 4.79 Å². The maximum absolute atomic E-state index is 12.1. The molecule has 0 atom stereocenters. The molecule has 0 amide bonds. The molecule has 15 heavy (non-hydrogen) atoms. The zero-order valence-corrected chi connectivity index (χ0v) is 9.27. The molecule has 1 aromatic heterocycles. The first kappa shape index (κ1) is 10.2. The van der Waals surface area contributed by atoms with Crippen molar-refractivity contribution in [2.45, 2.75) is 25.7 Å². The van der Waals surface area contributed by atoms with Gasteiger partial charge in [-0.25, -0.2) is 0 Å². The first-order chi connectivity index (χ1) is 7.33. The zero-order chi connectivity index (χ0) is 10.7. The van der Waals surface area contributed by atoms with Crippen molar-refractivity contribution in [1.82, 2.24) is 0 Å². The molecule has 2 rings (SSSR count). The van der Waals surface area contributed by atoms with Crippen LogP contribution in [-0.2, 0) is 0 Å². The number of thiophene rings is 1. The van der Waals surface area contributed by atoms with E-state index >= 15 is 0 Å². The Balaban J connectivity index is 2.34. The lowest BCUT2D eigenvalue weighted by atomic mass is 9.89. The second-order valence-electron chi connectivity index (χ2n) is 3.61. The molecular formula is C13H12OS. The van der Waals surface area contributed by atoms with Gasteiger partial charge in [0.25, 0.3) is 0 Å². The largest absolute Gasteiger partial charge is 0.288 e. The number of hydrogen-bond acceptors (Lipinski definition) is 2. The minimum atomic E-state index is 0.137. The van der Waals surface area contributed by atoms with Gasteiger partial charge in [0.05, 0.1) is 4.88 Å². The van der Waals surface area contributed by atoms with Gasteiger partial charge in [-0.3, -0.25) is 4.79 Å². The monoisotopic (exact) mass is 216 g/mol. The van der Waals surface area contributed by atoms with E-state index in [2.05, 4.69) is 5.92 Å². The van der Waals surface area contributed by atoms with Crippen molar-refractivity contribution >= 4 is 17.1 Å². The molecule has 0 saturated carbocycles. The van der Waals surface area contributed by atoms with Crippen LogP contribution in [0.15, 0.2) is 28.7 Å². The highest BCUT2D eigenvalue weighted by Crippen LogP contribution is 2.28. The topological polar surface area (TPSA) is 17.1 Å². The van der Waals surface area contributed by atoms with Crippen LogP contribution in [0.2, 0.25) is 0 Å². The number of hydrogen-bond donors (Lipinski definition) is 0. The van der Waals surface area contributed by atoms with Crippen LogP contribution in [-0.4, -0.2) is 5.78 Å². The fourth-order valence-electron chi connectivity index (χ4n) is 1.87. The fourth-order valence-corrected chi connectivity index (χ4v) is 2.56. The van der Waals surface area contributed by atoms with Crippen LogP contribution in [0.5, 0.6) is 0 Å². The number of carbonyl (C=O) groups is 1. The first-order valence-electron chi connectivity index (χ1n) is 5.10. The minimum Gasteiger partial charge on any atom is -0.288 e. The predicted molar refractivity (Wildman–Crippen MR) is 63.0 cm³/mol. The van der Waals surface area contributed by atoms with Crippen LogP contribution in [0.25, 0.3) is 0 Å². The normalized spacial score (nSPS) is 16.2. The maximum Gasteiger partial charge on any atom is 0.199 e. The highest BCUT2D eigenvalue weighted by Gasteiger charge is 2.19. The van der Waals surface area contributed by atoms with Gasteiger partial charge in [-0.15, -0.1) is 17.8 Å². The summed E-state index contributed by atoms with van der Waals surface area (Å²) in [4.78, 5) is 12.9. The van der Waals surface area contributed by atoms with E-state index in [1.54, 1.807) is 0 Å². The number of ketones is 1. The van der Waals surface area contributed by atoms with Crippen molar-refractivity contribution in [3.8, 4) is 12.3 Å². The molecule has 0 aromatic carbocycles. The molecule has 0 radical (unpaired) electrons. The molecular weight excluding hydrogens is 204 g/mol. The molecule has 0 spiro atoms. The molecule has 1 aliphatic carbocycles. The predicted octanol–water partition coefficient (Wildman–Crippen LogP) is 3.43. The SMILES string of the molecule is C#CC1=C(C(=O)c2cccs2)CCCC1. The van der Waals surface area contributed by atoms with Crippen molar-refractivity contribution in [3.05, 3.63) is 33.5 Å². The Kier molecular flexibility index (Phi) is 3.03. The second kappa shape index (κ2) is 4.46. The van der Waals surface area contributed by atoms with Gasteiger partial charge in [-0.2, -0.15) is 0 Å². The van der Waals surface area contributed by atoms with Gasteiger partial charge < -0.3 is 0 Å². The van der Waals surface area contributed by atoms with Crippen LogP contribution in [0.4, 0.5) is 0 Å². The van der Waals surface area contributed by atoms with Crippen LogP contribution in [0.1, 0.15) is 35.4 Å². The van der Waals surface area contributed by atoms with Gasteiger partial charge >= 0.3 is 0 Å². The molecule has 0 N–H and O–H groups in total. The third kappa shape index (κ3) is 2.03. The molecule has 0 unspecified atom stereocenters. The molecule has 0 aliphatic heterocycles. The van der Waals surface area contributed by atoms with E-state index in [0.717, 1.165) is 41.7 Å². The van der Waals surface area contributed by atoms with E-state index in [1.165, 1.54) is 11.3 Å². The molecule has 1 aromatic rings. The van der Waals surface area contributed by atoms with E-state index in [4.69, 9.17) is 6.42 Å². The van der Waals surface area contributed by atoms with Gasteiger partial charge in [0.2, 0.25) is 0 Å². The Morgan fingerprint density at radius 2 is 2.20 bits per heavy atom.